The smallest absolute Gasteiger partial charge is 0.314 e. The number of carbonyl (C=O) groups excluding carboxylic acids is 1. The van der Waals surface area contributed by atoms with Crippen molar-refractivity contribution in [2.45, 2.75) is 12.8 Å². The van der Waals surface area contributed by atoms with Gasteiger partial charge >= 0.3 is 5.97 Å². The van der Waals surface area contributed by atoms with Crippen LogP contribution >= 0.6 is 0 Å². The Morgan fingerprint density at radius 3 is 2.93 bits per heavy atom. The highest BCUT2D eigenvalue weighted by atomic mass is 16.5. The molecule has 0 atom stereocenters. The number of ether oxygens (including phenoxy) is 1. The second-order valence-corrected chi connectivity index (χ2v) is 3.47. The van der Waals surface area contributed by atoms with E-state index in [1.807, 2.05) is 18.2 Å². The van der Waals surface area contributed by atoms with Crippen LogP contribution in [0.5, 0.6) is 5.75 Å². The van der Waals surface area contributed by atoms with Crippen molar-refractivity contribution in [1.29, 1.82) is 0 Å². The van der Waals surface area contributed by atoms with Gasteiger partial charge in [-0.2, -0.15) is 0 Å². The average molecular weight is 188 g/mol. The average Bonchev–Trinajstić information content (AvgIpc) is 3.01. The van der Waals surface area contributed by atoms with Crippen LogP contribution in [0, 0.1) is 5.92 Å². The third kappa shape index (κ3) is 2.02. The van der Waals surface area contributed by atoms with Gasteiger partial charge in [0.15, 0.2) is 0 Å². The zero-order valence-corrected chi connectivity index (χ0v) is 7.90. The molecule has 1 fully saturated rings. The van der Waals surface area contributed by atoms with Gasteiger partial charge < -0.3 is 4.74 Å². The first-order valence-electron chi connectivity index (χ1n) is 4.74. The van der Waals surface area contributed by atoms with E-state index in [1.165, 1.54) is 0 Å². The van der Waals surface area contributed by atoms with Gasteiger partial charge in [0.2, 0.25) is 0 Å². The number of hydrogen-bond donors (Lipinski definition) is 0. The Morgan fingerprint density at radius 1 is 1.50 bits per heavy atom. The molecule has 0 aromatic heterocycles. The fraction of sp³-hybridized carbons (Fsp3) is 0.250. The summed E-state index contributed by atoms with van der Waals surface area (Å²) in [4.78, 5) is 11.3. The molecular weight excluding hydrogens is 176 g/mol. The minimum atomic E-state index is -0.105. The molecule has 2 nitrogen and oxygen atoms in total. The molecule has 1 aliphatic carbocycles. The van der Waals surface area contributed by atoms with E-state index in [9.17, 15) is 4.79 Å². The highest BCUT2D eigenvalue weighted by Crippen LogP contribution is 2.30. The molecular formula is C12H12O2. The lowest BCUT2D eigenvalue weighted by atomic mass is 10.2. The molecule has 0 radical (unpaired) electrons. The van der Waals surface area contributed by atoms with E-state index in [1.54, 1.807) is 12.1 Å². The summed E-state index contributed by atoms with van der Waals surface area (Å²) < 4.78 is 5.19. The first-order chi connectivity index (χ1) is 6.79. The predicted octanol–water partition coefficient (Wildman–Crippen LogP) is 2.65. The van der Waals surface area contributed by atoms with Crippen molar-refractivity contribution in [2.75, 3.05) is 0 Å². The molecule has 1 aliphatic rings. The molecule has 0 saturated heterocycles. The summed E-state index contributed by atoms with van der Waals surface area (Å²) in [6.45, 7) is 3.66. The maximum absolute atomic E-state index is 11.3. The fourth-order valence-electron chi connectivity index (χ4n) is 1.22. The highest BCUT2D eigenvalue weighted by molar-refractivity contribution is 5.77. The molecule has 2 rings (SSSR count). The van der Waals surface area contributed by atoms with Crippen LogP contribution in [0.15, 0.2) is 30.8 Å². The number of hydrogen-bond acceptors (Lipinski definition) is 2. The van der Waals surface area contributed by atoms with Crippen molar-refractivity contribution in [3.8, 4) is 5.75 Å². The maximum Gasteiger partial charge on any atom is 0.314 e. The minimum Gasteiger partial charge on any atom is -0.426 e. The lowest BCUT2D eigenvalue weighted by Crippen LogP contribution is -2.09. The van der Waals surface area contributed by atoms with Crippen molar-refractivity contribution in [2.24, 2.45) is 5.92 Å². The topological polar surface area (TPSA) is 26.3 Å². The van der Waals surface area contributed by atoms with E-state index < -0.39 is 0 Å². The highest BCUT2D eigenvalue weighted by Gasteiger charge is 2.31. The van der Waals surface area contributed by atoms with Crippen LogP contribution in [0.3, 0.4) is 0 Å². The first-order valence-corrected chi connectivity index (χ1v) is 4.74. The molecule has 14 heavy (non-hydrogen) atoms. The van der Waals surface area contributed by atoms with Crippen LogP contribution in [-0.4, -0.2) is 5.97 Å². The SMILES string of the molecule is C=Cc1cccc(OC(=O)C2CC2)c1. The Hall–Kier alpha value is -1.57. The summed E-state index contributed by atoms with van der Waals surface area (Å²) in [6, 6.07) is 7.37. The first kappa shape index (κ1) is 9.00. The van der Waals surface area contributed by atoms with E-state index in [0.717, 1.165) is 18.4 Å². The van der Waals surface area contributed by atoms with Gasteiger partial charge in [-0.05, 0) is 30.5 Å². The number of esters is 1. The van der Waals surface area contributed by atoms with E-state index in [4.69, 9.17) is 4.74 Å². The number of rotatable bonds is 3. The van der Waals surface area contributed by atoms with Gasteiger partial charge in [-0.15, -0.1) is 0 Å². The van der Waals surface area contributed by atoms with Crippen LogP contribution < -0.4 is 4.74 Å². The summed E-state index contributed by atoms with van der Waals surface area (Å²) in [5, 5.41) is 0. The second kappa shape index (κ2) is 3.66. The quantitative estimate of drug-likeness (QED) is 0.538. The summed E-state index contributed by atoms with van der Waals surface area (Å²) in [5.74, 6) is 0.646. The Morgan fingerprint density at radius 2 is 2.29 bits per heavy atom. The van der Waals surface area contributed by atoms with Gasteiger partial charge in [-0.1, -0.05) is 24.8 Å². The number of carbonyl (C=O) groups is 1. The van der Waals surface area contributed by atoms with Crippen LogP contribution in [0.1, 0.15) is 18.4 Å². The summed E-state index contributed by atoms with van der Waals surface area (Å²) in [7, 11) is 0. The molecule has 0 bridgehead atoms. The van der Waals surface area contributed by atoms with E-state index in [-0.39, 0.29) is 11.9 Å². The predicted molar refractivity (Wildman–Crippen MR) is 54.9 cm³/mol. The lowest BCUT2D eigenvalue weighted by Gasteiger charge is -2.03. The molecule has 0 unspecified atom stereocenters. The zero-order valence-electron chi connectivity index (χ0n) is 7.90. The summed E-state index contributed by atoms with van der Waals surface area (Å²) in [6.07, 6.45) is 3.68. The normalized spacial score (nSPS) is 14.9. The lowest BCUT2D eigenvalue weighted by molar-refractivity contribution is -0.135. The van der Waals surface area contributed by atoms with Crippen molar-refractivity contribution >= 4 is 12.0 Å². The molecule has 0 spiro atoms. The van der Waals surface area contributed by atoms with Gasteiger partial charge in [0.1, 0.15) is 5.75 Å². The van der Waals surface area contributed by atoms with Crippen molar-refractivity contribution in [3.63, 3.8) is 0 Å². The second-order valence-electron chi connectivity index (χ2n) is 3.47. The minimum absolute atomic E-state index is 0.105. The molecule has 0 N–H and O–H groups in total. The van der Waals surface area contributed by atoms with Crippen molar-refractivity contribution in [1.82, 2.24) is 0 Å². The Balaban J connectivity index is 2.07. The van der Waals surface area contributed by atoms with Gasteiger partial charge in [0.25, 0.3) is 0 Å². The standard InChI is InChI=1S/C12H12O2/c1-2-9-4-3-5-11(8-9)14-12(13)10-6-7-10/h2-5,8,10H,1,6-7H2. The fourth-order valence-corrected chi connectivity index (χ4v) is 1.22. The molecule has 72 valence electrons. The van der Waals surface area contributed by atoms with E-state index >= 15 is 0 Å². The summed E-state index contributed by atoms with van der Waals surface area (Å²) >= 11 is 0. The molecule has 1 saturated carbocycles. The molecule has 0 heterocycles. The molecule has 0 aliphatic heterocycles. The maximum atomic E-state index is 11.3. The third-order valence-corrected chi connectivity index (χ3v) is 2.22. The Labute approximate surface area is 83.2 Å². The Bertz CT molecular complexity index is 364. The monoisotopic (exact) mass is 188 g/mol. The zero-order chi connectivity index (χ0) is 9.97. The third-order valence-electron chi connectivity index (χ3n) is 2.22. The van der Waals surface area contributed by atoms with Gasteiger partial charge in [0, 0.05) is 0 Å². The van der Waals surface area contributed by atoms with Crippen LogP contribution in [0.2, 0.25) is 0 Å². The van der Waals surface area contributed by atoms with Crippen LogP contribution in [0.25, 0.3) is 6.08 Å². The van der Waals surface area contributed by atoms with Crippen LogP contribution in [-0.2, 0) is 4.79 Å². The van der Waals surface area contributed by atoms with E-state index in [2.05, 4.69) is 6.58 Å². The Kier molecular flexibility index (Phi) is 2.35. The number of benzene rings is 1. The van der Waals surface area contributed by atoms with Crippen molar-refractivity contribution in [3.05, 3.63) is 36.4 Å². The molecule has 1 aromatic carbocycles. The molecule has 2 heteroatoms. The van der Waals surface area contributed by atoms with Gasteiger partial charge in [0.05, 0.1) is 5.92 Å². The summed E-state index contributed by atoms with van der Waals surface area (Å²) in [5.41, 5.74) is 0.964. The van der Waals surface area contributed by atoms with Gasteiger partial charge in [-0.3, -0.25) is 4.79 Å². The molecule has 1 aromatic rings. The van der Waals surface area contributed by atoms with E-state index in [0.29, 0.717) is 5.75 Å². The van der Waals surface area contributed by atoms with Crippen LogP contribution in [0.4, 0.5) is 0 Å². The molecule has 0 amide bonds. The largest absolute Gasteiger partial charge is 0.426 e. The van der Waals surface area contributed by atoms with Crippen molar-refractivity contribution < 1.29 is 9.53 Å². The van der Waals surface area contributed by atoms with Gasteiger partial charge in [-0.25, -0.2) is 0 Å².